The zero-order valence-electron chi connectivity index (χ0n) is 8.09. The Kier molecular flexibility index (Phi) is 2.69. The first-order valence-corrected chi connectivity index (χ1v) is 5.31. The Morgan fingerprint density at radius 1 is 1.47 bits per heavy atom. The molecule has 0 spiro atoms. The normalized spacial score (nSPS) is 11.4. The lowest BCUT2D eigenvalue weighted by molar-refractivity contribution is 0.595. The third-order valence-electron chi connectivity index (χ3n) is 1.85. The fourth-order valence-electron chi connectivity index (χ4n) is 0.850. The van der Waals surface area contributed by atoms with Crippen molar-refractivity contribution in [1.82, 2.24) is 9.55 Å². The summed E-state index contributed by atoms with van der Waals surface area (Å²) in [6.07, 6.45) is 0. The van der Waals surface area contributed by atoms with E-state index in [2.05, 4.69) is 4.98 Å². The molecule has 0 saturated heterocycles. The highest BCUT2D eigenvalue weighted by Gasteiger charge is 2.14. The van der Waals surface area contributed by atoms with Crippen LogP contribution in [0.2, 0.25) is 0 Å². The molecule has 1 aromatic heterocycles. The molecule has 0 amide bonds. The van der Waals surface area contributed by atoms with Crippen LogP contribution < -0.4 is 20.7 Å². The van der Waals surface area contributed by atoms with E-state index in [0.29, 0.717) is 4.31 Å². The SMILES string of the molecule is CN(c1cc(=O)n(C)c(=O)[nH]1)S(N)(=O)=O. The Hall–Kier alpha value is -1.61. The molecule has 0 fully saturated rings. The van der Waals surface area contributed by atoms with Crippen LogP contribution in [-0.4, -0.2) is 25.0 Å². The second-order valence-electron chi connectivity index (χ2n) is 2.87. The van der Waals surface area contributed by atoms with Gasteiger partial charge in [0.25, 0.3) is 15.8 Å². The van der Waals surface area contributed by atoms with E-state index >= 15 is 0 Å². The highest BCUT2D eigenvalue weighted by molar-refractivity contribution is 7.90. The van der Waals surface area contributed by atoms with Gasteiger partial charge in [-0.3, -0.25) is 14.3 Å². The van der Waals surface area contributed by atoms with Crippen molar-refractivity contribution in [3.8, 4) is 0 Å². The molecule has 0 aliphatic carbocycles. The van der Waals surface area contributed by atoms with Crippen LogP contribution in [0.1, 0.15) is 0 Å². The molecule has 1 heterocycles. The lowest BCUT2D eigenvalue weighted by Crippen LogP contribution is -2.39. The minimum absolute atomic E-state index is 0.175. The Labute approximate surface area is 85.1 Å². The number of aromatic nitrogens is 2. The smallest absolute Gasteiger partial charge is 0.293 e. The topological polar surface area (TPSA) is 118 Å². The van der Waals surface area contributed by atoms with E-state index in [1.54, 1.807) is 0 Å². The lowest BCUT2D eigenvalue weighted by Gasteiger charge is -2.14. The standard InChI is InChI=1S/C6H10N4O4S/c1-9-5(11)3-4(8-6(9)12)10(2)15(7,13)14/h3H,1-2H3,(H,8,12)(H2,7,13,14). The predicted molar refractivity (Wildman–Crippen MR) is 53.8 cm³/mol. The molecule has 0 unspecified atom stereocenters. The summed E-state index contributed by atoms with van der Waals surface area (Å²) in [5.74, 6) is -0.175. The first-order chi connectivity index (χ1) is 6.73. The molecule has 84 valence electrons. The van der Waals surface area contributed by atoms with E-state index in [1.807, 2.05) is 0 Å². The number of hydrogen-bond acceptors (Lipinski definition) is 4. The van der Waals surface area contributed by atoms with Crippen molar-refractivity contribution in [2.45, 2.75) is 0 Å². The molecule has 0 aliphatic heterocycles. The quantitative estimate of drug-likeness (QED) is 0.598. The monoisotopic (exact) mass is 234 g/mol. The molecule has 9 heteroatoms. The zero-order valence-corrected chi connectivity index (χ0v) is 8.91. The van der Waals surface area contributed by atoms with Crippen molar-refractivity contribution in [1.29, 1.82) is 0 Å². The molecular formula is C6H10N4O4S. The Morgan fingerprint density at radius 3 is 2.40 bits per heavy atom. The van der Waals surface area contributed by atoms with Crippen LogP contribution in [0.3, 0.4) is 0 Å². The maximum absolute atomic E-state index is 11.2. The van der Waals surface area contributed by atoms with Gasteiger partial charge in [0.1, 0.15) is 5.82 Å². The molecule has 1 aromatic rings. The van der Waals surface area contributed by atoms with Crippen LogP contribution in [0.4, 0.5) is 5.82 Å². The molecule has 0 aliphatic rings. The van der Waals surface area contributed by atoms with Crippen LogP contribution in [-0.2, 0) is 17.3 Å². The van der Waals surface area contributed by atoms with Crippen LogP contribution in [0.5, 0.6) is 0 Å². The second kappa shape index (κ2) is 3.51. The number of nitrogens with zero attached hydrogens (tertiary/aromatic N) is 2. The average Bonchev–Trinajstić information content (AvgIpc) is 2.10. The fourth-order valence-corrected chi connectivity index (χ4v) is 1.22. The number of nitrogens with two attached hydrogens (primary N) is 1. The van der Waals surface area contributed by atoms with Crippen molar-refractivity contribution in [2.24, 2.45) is 12.2 Å². The summed E-state index contributed by atoms with van der Waals surface area (Å²) in [6.45, 7) is 0. The summed E-state index contributed by atoms with van der Waals surface area (Å²) >= 11 is 0. The number of nitrogens with one attached hydrogen (secondary N) is 1. The maximum atomic E-state index is 11.2. The molecule has 15 heavy (non-hydrogen) atoms. The van der Waals surface area contributed by atoms with Gasteiger partial charge in [0.2, 0.25) is 0 Å². The third-order valence-corrected chi connectivity index (χ3v) is 2.81. The van der Waals surface area contributed by atoms with Gasteiger partial charge >= 0.3 is 5.69 Å². The van der Waals surface area contributed by atoms with Crippen molar-refractivity contribution in [3.63, 3.8) is 0 Å². The average molecular weight is 234 g/mol. The highest BCUT2D eigenvalue weighted by Crippen LogP contribution is 2.04. The van der Waals surface area contributed by atoms with Gasteiger partial charge in [-0.1, -0.05) is 0 Å². The summed E-state index contributed by atoms with van der Waals surface area (Å²) in [4.78, 5) is 24.5. The predicted octanol–water partition coefficient (Wildman–Crippen LogP) is -2.29. The van der Waals surface area contributed by atoms with Crippen LogP contribution in [0.15, 0.2) is 15.7 Å². The summed E-state index contributed by atoms with van der Waals surface area (Å²) in [5, 5.41) is 4.82. The number of anilines is 1. The second-order valence-corrected chi connectivity index (χ2v) is 4.45. The van der Waals surface area contributed by atoms with Gasteiger partial charge < -0.3 is 0 Å². The minimum atomic E-state index is -3.99. The highest BCUT2D eigenvalue weighted by atomic mass is 32.2. The third kappa shape index (κ3) is 2.25. The van der Waals surface area contributed by atoms with Gasteiger partial charge in [-0.15, -0.1) is 0 Å². The molecule has 0 bridgehead atoms. The van der Waals surface area contributed by atoms with E-state index in [1.165, 1.54) is 7.05 Å². The summed E-state index contributed by atoms with van der Waals surface area (Å²) in [5.41, 5.74) is -1.34. The molecule has 0 atom stereocenters. The number of aromatic amines is 1. The summed E-state index contributed by atoms with van der Waals surface area (Å²) in [7, 11) is -1.60. The molecule has 0 saturated carbocycles. The molecule has 3 N–H and O–H groups in total. The zero-order chi connectivity index (χ0) is 11.8. The molecule has 0 aromatic carbocycles. The summed E-state index contributed by atoms with van der Waals surface area (Å²) in [6, 6.07) is 0.964. The van der Waals surface area contributed by atoms with Gasteiger partial charge in [-0.25, -0.2) is 14.2 Å². The van der Waals surface area contributed by atoms with E-state index in [9.17, 15) is 18.0 Å². The van der Waals surface area contributed by atoms with Gasteiger partial charge in [0.15, 0.2) is 0 Å². The van der Waals surface area contributed by atoms with Gasteiger partial charge in [-0.05, 0) is 0 Å². The van der Waals surface area contributed by atoms with Crippen molar-refractivity contribution in [2.75, 3.05) is 11.4 Å². The largest absolute Gasteiger partial charge is 0.329 e. The number of rotatable bonds is 2. The Morgan fingerprint density at radius 2 is 2.00 bits per heavy atom. The van der Waals surface area contributed by atoms with Crippen molar-refractivity contribution < 1.29 is 8.42 Å². The van der Waals surface area contributed by atoms with E-state index < -0.39 is 21.5 Å². The van der Waals surface area contributed by atoms with Gasteiger partial charge in [0, 0.05) is 20.2 Å². The van der Waals surface area contributed by atoms with E-state index in [-0.39, 0.29) is 5.82 Å². The fraction of sp³-hybridized carbons (Fsp3) is 0.333. The van der Waals surface area contributed by atoms with Gasteiger partial charge in [-0.2, -0.15) is 8.42 Å². The Bertz CT molecular complexity index is 553. The molecule has 1 rings (SSSR count). The maximum Gasteiger partial charge on any atom is 0.329 e. The van der Waals surface area contributed by atoms with Crippen LogP contribution >= 0.6 is 0 Å². The van der Waals surface area contributed by atoms with E-state index in [0.717, 1.165) is 17.7 Å². The molecular weight excluding hydrogens is 224 g/mol. The minimum Gasteiger partial charge on any atom is -0.293 e. The Balaban J connectivity index is 3.43. The van der Waals surface area contributed by atoms with Crippen LogP contribution in [0, 0.1) is 0 Å². The van der Waals surface area contributed by atoms with Gasteiger partial charge in [0.05, 0.1) is 0 Å². The number of hydrogen-bond donors (Lipinski definition) is 2. The van der Waals surface area contributed by atoms with Crippen LogP contribution in [0.25, 0.3) is 0 Å². The summed E-state index contributed by atoms with van der Waals surface area (Å²) < 4.78 is 23.2. The van der Waals surface area contributed by atoms with Crippen molar-refractivity contribution >= 4 is 16.0 Å². The van der Waals surface area contributed by atoms with E-state index in [4.69, 9.17) is 5.14 Å². The first-order valence-electron chi connectivity index (χ1n) is 3.80. The molecule has 8 nitrogen and oxygen atoms in total. The molecule has 0 radical (unpaired) electrons. The number of H-pyrrole nitrogens is 1. The first kappa shape index (κ1) is 11.5. The van der Waals surface area contributed by atoms with Crippen molar-refractivity contribution in [3.05, 3.63) is 26.9 Å². The lowest BCUT2D eigenvalue weighted by atomic mass is 10.5.